The van der Waals surface area contributed by atoms with E-state index < -0.39 is 23.2 Å². The molecule has 1 aromatic rings. The minimum Gasteiger partial charge on any atom is -0.392 e. The number of ketones is 1. The van der Waals surface area contributed by atoms with E-state index >= 15 is 0 Å². The van der Waals surface area contributed by atoms with Crippen molar-refractivity contribution in [3.05, 3.63) is 52.1 Å². The van der Waals surface area contributed by atoms with Gasteiger partial charge >= 0.3 is 0 Å². The first kappa shape index (κ1) is 16.1. The molecule has 1 N–H and O–H groups in total. The molecule has 122 valence electrons. The van der Waals surface area contributed by atoms with E-state index in [9.17, 15) is 18.7 Å². The number of fused-ring (bicyclic) bond motifs is 1. The van der Waals surface area contributed by atoms with Crippen LogP contribution in [0.3, 0.4) is 0 Å². The highest BCUT2D eigenvalue weighted by Gasteiger charge is 2.45. The van der Waals surface area contributed by atoms with Crippen LogP contribution in [0.5, 0.6) is 0 Å². The number of carbonyl (C=O) groups is 1. The Bertz CT molecular complexity index is 733. The SMILES string of the molecule is CC1=C2CCC[C@H](O)[C@@]2(C)CC(=Cc2ccc(F)c(F)c2)C1=O. The molecule has 0 saturated heterocycles. The van der Waals surface area contributed by atoms with Gasteiger partial charge in [0.15, 0.2) is 17.4 Å². The van der Waals surface area contributed by atoms with Gasteiger partial charge in [0.2, 0.25) is 0 Å². The Kier molecular flexibility index (Phi) is 3.96. The number of Topliss-reactive ketones (excluding diaryl/α,β-unsaturated/α-hetero) is 1. The molecular weight excluding hydrogens is 298 g/mol. The number of rotatable bonds is 1. The quantitative estimate of drug-likeness (QED) is 0.788. The largest absolute Gasteiger partial charge is 0.392 e. The van der Waals surface area contributed by atoms with Crippen molar-refractivity contribution in [1.82, 2.24) is 0 Å². The second kappa shape index (κ2) is 5.68. The van der Waals surface area contributed by atoms with Crippen LogP contribution >= 0.6 is 0 Å². The fourth-order valence-corrected chi connectivity index (χ4v) is 3.89. The molecule has 2 nitrogen and oxygen atoms in total. The van der Waals surface area contributed by atoms with Crippen LogP contribution in [0.4, 0.5) is 8.78 Å². The average molecular weight is 318 g/mol. The standard InChI is InChI=1S/C19H20F2O2/c1-11-14-4-3-5-17(22)19(14,2)10-13(18(11)23)8-12-6-7-15(20)16(21)9-12/h6-9,17,22H,3-5,10H2,1-2H3/t17-,19-/m0/s1. The van der Waals surface area contributed by atoms with Crippen LogP contribution in [0.15, 0.2) is 34.9 Å². The first-order valence-corrected chi connectivity index (χ1v) is 7.91. The second-order valence-electron chi connectivity index (χ2n) is 6.78. The highest BCUT2D eigenvalue weighted by Crippen LogP contribution is 2.50. The number of halogens is 2. The smallest absolute Gasteiger partial charge is 0.184 e. The number of hydrogen-bond donors (Lipinski definition) is 1. The molecule has 2 aliphatic carbocycles. The van der Waals surface area contributed by atoms with E-state index in [1.165, 1.54) is 6.07 Å². The van der Waals surface area contributed by atoms with Crippen LogP contribution in [0.25, 0.3) is 6.08 Å². The van der Waals surface area contributed by atoms with Gasteiger partial charge < -0.3 is 5.11 Å². The lowest BCUT2D eigenvalue weighted by Gasteiger charge is -2.45. The normalized spacial score (nSPS) is 29.9. The van der Waals surface area contributed by atoms with Gasteiger partial charge in [-0.2, -0.15) is 0 Å². The monoisotopic (exact) mass is 318 g/mol. The first-order valence-electron chi connectivity index (χ1n) is 7.91. The van der Waals surface area contributed by atoms with E-state index in [1.54, 1.807) is 13.0 Å². The molecule has 1 saturated carbocycles. The van der Waals surface area contributed by atoms with Gasteiger partial charge in [0.25, 0.3) is 0 Å². The summed E-state index contributed by atoms with van der Waals surface area (Å²) >= 11 is 0. The predicted octanol–water partition coefficient (Wildman–Crippen LogP) is 4.19. The summed E-state index contributed by atoms with van der Waals surface area (Å²) in [7, 11) is 0. The van der Waals surface area contributed by atoms with Crippen LogP contribution in [0.1, 0.15) is 45.1 Å². The molecular formula is C19H20F2O2. The predicted molar refractivity (Wildman–Crippen MR) is 84.6 cm³/mol. The summed E-state index contributed by atoms with van der Waals surface area (Å²) < 4.78 is 26.4. The molecule has 1 fully saturated rings. The Balaban J connectivity index is 2.04. The second-order valence-corrected chi connectivity index (χ2v) is 6.78. The van der Waals surface area contributed by atoms with Crippen molar-refractivity contribution in [3.8, 4) is 0 Å². The molecule has 2 atom stereocenters. The lowest BCUT2D eigenvalue weighted by Crippen LogP contribution is -2.42. The van der Waals surface area contributed by atoms with Crippen LogP contribution < -0.4 is 0 Å². The Morgan fingerprint density at radius 2 is 2.04 bits per heavy atom. The number of aliphatic hydroxyl groups excluding tert-OH is 1. The third-order valence-electron chi connectivity index (χ3n) is 5.26. The van der Waals surface area contributed by atoms with Crippen LogP contribution in [-0.2, 0) is 4.79 Å². The fraction of sp³-hybridized carbons (Fsp3) is 0.421. The molecule has 4 heteroatoms. The Morgan fingerprint density at radius 3 is 2.74 bits per heavy atom. The summed E-state index contributed by atoms with van der Waals surface area (Å²) in [5.41, 5.74) is 2.29. The summed E-state index contributed by atoms with van der Waals surface area (Å²) in [5.74, 6) is -1.90. The van der Waals surface area contributed by atoms with Crippen molar-refractivity contribution in [2.45, 2.75) is 45.6 Å². The van der Waals surface area contributed by atoms with E-state index in [4.69, 9.17) is 0 Å². The maximum absolute atomic E-state index is 13.4. The summed E-state index contributed by atoms with van der Waals surface area (Å²) in [6.45, 7) is 3.79. The summed E-state index contributed by atoms with van der Waals surface area (Å²) in [5, 5.41) is 10.4. The van der Waals surface area contributed by atoms with Crippen molar-refractivity contribution in [1.29, 1.82) is 0 Å². The Labute approximate surface area is 134 Å². The van der Waals surface area contributed by atoms with E-state index in [-0.39, 0.29) is 5.78 Å². The topological polar surface area (TPSA) is 37.3 Å². The first-order chi connectivity index (χ1) is 10.8. The lowest BCUT2D eigenvalue weighted by atomic mass is 9.61. The molecule has 0 unspecified atom stereocenters. The van der Waals surface area contributed by atoms with E-state index in [2.05, 4.69) is 0 Å². The van der Waals surface area contributed by atoms with E-state index in [0.29, 0.717) is 23.1 Å². The van der Waals surface area contributed by atoms with Crippen molar-refractivity contribution >= 4 is 11.9 Å². The zero-order valence-electron chi connectivity index (χ0n) is 13.3. The molecule has 23 heavy (non-hydrogen) atoms. The molecule has 0 bridgehead atoms. The van der Waals surface area contributed by atoms with Crippen molar-refractivity contribution in [3.63, 3.8) is 0 Å². The number of aliphatic hydroxyl groups is 1. The van der Waals surface area contributed by atoms with Crippen LogP contribution in [0.2, 0.25) is 0 Å². The number of benzene rings is 1. The minimum absolute atomic E-state index is 0.0590. The third kappa shape index (κ3) is 2.65. The molecule has 0 aromatic heterocycles. The molecule has 1 aromatic carbocycles. The van der Waals surface area contributed by atoms with Crippen molar-refractivity contribution in [2.24, 2.45) is 5.41 Å². The molecule has 2 aliphatic rings. The highest BCUT2D eigenvalue weighted by molar-refractivity contribution is 6.12. The maximum Gasteiger partial charge on any atom is 0.184 e. The summed E-state index contributed by atoms with van der Waals surface area (Å²) in [6.07, 6.45) is 4.00. The molecule has 0 heterocycles. The maximum atomic E-state index is 13.4. The van der Waals surface area contributed by atoms with Crippen LogP contribution in [0, 0.1) is 17.0 Å². The summed E-state index contributed by atoms with van der Waals surface area (Å²) in [6, 6.07) is 3.59. The van der Waals surface area contributed by atoms with E-state index in [0.717, 1.165) is 37.0 Å². The molecule has 0 aliphatic heterocycles. The van der Waals surface area contributed by atoms with Gasteiger partial charge in [0.1, 0.15) is 0 Å². The van der Waals surface area contributed by atoms with Gasteiger partial charge in [-0.3, -0.25) is 4.79 Å². The number of hydrogen-bond acceptors (Lipinski definition) is 2. The van der Waals surface area contributed by atoms with Gasteiger partial charge in [-0.05, 0) is 62.0 Å². The molecule has 0 spiro atoms. The fourth-order valence-electron chi connectivity index (χ4n) is 3.89. The van der Waals surface area contributed by atoms with Gasteiger partial charge in [0.05, 0.1) is 6.10 Å². The van der Waals surface area contributed by atoms with Gasteiger partial charge in [-0.15, -0.1) is 0 Å². The summed E-state index contributed by atoms with van der Waals surface area (Å²) in [4.78, 5) is 12.6. The van der Waals surface area contributed by atoms with Gasteiger partial charge in [-0.25, -0.2) is 8.78 Å². The lowest BCUT2D eigenvalue weighted by molar-refractivity contribution is -0.113. The number of allylic oxidation sites excluding steroid dienone is 2. The average Bonchev–Trinajstić information content (AvgIpc) is 2.50. The zero-order chi connectivity index (χ0) is 16.8. The molecule has 3 rings (SSSR count). The van der Waals surface area contributed by atoms with Crippen molar-refractivity contribution in [2.75, 3.05) is 0 Å². The van der Waals surface area contributed by atoms with Gasteiger partial charge in [-0.1, -0.05) is 18.6 Å². The molecule has 0 radical (unpaired) electrons. The van der Waals surface area contributed by atoms with Crippen molar-refractivity contribution < 1.29 is 18.7 Å². The van der Waals surface area contributed by atoms with Gasteiger partial charge in [0, 0.05) is 11.0 Å². The van der Waals surface area contributed by atoms with E-state index in [1.807, 2.05) is 6.92 Å². The zero-order valence-corrected chi connectivity index (χ0v) is 13.3. The van der Waals surface area contributed by atoms with Crippen LogP contribution in [-0.4, -0.2) is 17.0 Å². The highest BCUT2D eigenvalue weighted by atomic mass is 19.2. The Morgan fingerprint density at radius 1 is 1.30 bits per heavy atom. The third-order valence-corrected chi connectivity index (χ3v) is 5.26. The minimum atomic E-state index is -0.931. The Hall–Kier alpha value is -1.81. The molecule has 0 amide bonds. The number of carbonyl (C=O) groups excluding carboxylic acids is 1.